The molecule has 2 saturated carbocycles. The number of hydrogen-bond donors (Lipinski definition) is 1. The number of carbonyl (C=O) groups is 1. The molecule has 3 aliphatic rings. The van der Waals surface area contributed by atoms with Gasteiger partial charge in [-0.2, -0.15) is 0 Å². The molecule has 0 spiro atoms. The summed E-state index contributed by atoms with van der Waals surface area (Å²) in [6, 6.07) is 12.0. The van der Waals surface area contributed by atoms with Crippen LogP contribution < -0.4 is 14.8 Å². The molecule has 0 saturated heterocycles. The van der Waals surface area contributed by atoms with E-state index in [9.17, 15) is 4.79 Å². The topological polar surface area (TPSA) is 56.8 Å². The molecule has 1 N–H and O–H groups in total. The zero-order chi connectivity index (χ0) is 20.7. The summed E-state index contributed by atoms with van der Waals surface area (Å²) < 4.78 is 18.3. The smallest absolute Gasteiger partial charge is 0.227 e. The Hall–Kier alpha value is -2.53. The average Bonchev–Trinajstić information content (AvgIpc) is 3.63. The van der Waals surface area contributed by atoms with Crippen LogP contribution in [0.4, 0.5) is 5.69 Å². The van der Waals surface area contributed by atoms with Crippen LogP contribution in [0, 0.1) is 5.92 Å². The van der Waals surface area contributed by atoms with Crippen LogP contribution in [-0.2, 0) is 9.53 Å². The van der Waals surface area contributed by atoms with Crippen molar-refractivity contribution in [2.24, 2.45) is 5.92 Å². The predicted octanol–water partition coefficient (Wildman–Crippen LogP) is 5.20. The van der Waals surface area contributed by atoms with Gasteiger partial charge in [0.2, 0.25) is 5.91 Å². The first-order valence-corrected chi connectivity index (χ1v) is 11.0. The Labute approximate surface area is 177 Å². The number of anilines is 1. The monoisotopic (exact) mass is 407 g/mol. The predicted molar refractivity (Wildman–Crippen MR) is 115 cm³/mol. The Morgan fingerprint density at radius 1 is 0.967 bits per heavy atom. The summed E-state index contributed by atoms with van der Waals surface area (Å²) in [6.45, 7) is 0. The van der Waals surface area contributed by atoms with E-state index in [0.29, 0.717) is 5.92 Å². The summed E-state index contributed by atoms with van der Waals surface area (Å²) >= 11 is 0. The lowest BCUT2D eigenvalue weighted by atomic mass is 9.75. The minimum atomic E-state index is -0.248. The number of rotatable bonds is 5. The minimum Gasteiger partial charge on any atom is -0.496 e. The largest absolute Gasteiger partial charge is 0.496 e. The number of amides is 1. The average molecular weight is 408 g/mol. The van der Waals surface area contributed by atoms with Gasteiger partial charge in [0, 0.05) is 28.7 Å². The van der Waals surface area contributed by atoms with E-state index in [1.807, 2.05) is 30.3 Å². The van der Waals surface area contributed by atoms with Gasteiger partial charge in [0.15, 0.2) is 0 Å². The van der Waals surface area contributed by atoms with Crippen molar-refractivity contribution in [1.29, 1.82) is 0 Å². The van der Waals surface area contributed by atoms with Crippen molar-refractivity contribution >= 4 is 11.6 Å². The molecule has 3 atom stereocenters. The van der Waals surface area contributed by atoms with Gasteiger partial charge in [-0.05, 0) is 55.5 Å². The van der Waals surface area contributed by atoms with Crippen LogP contribution in [0.25, 0.3) is 0 Å². The maximum atomic E-state index is 12.3. The highest BCUT2D eigenvalue weighted by atomic mass is 16.5. The summed E-state index contributed by atoms with van der Waals surface area (Å²) in [5, 5.41) is 3.06. The lowest BCUT2D eigenvalue weighted by molar-refractivity contribution is -0.117. The van der Waals surface area contributed by atoms with Gasteiger partial charge in [-0.1, -0.05) is 25.0 Å². The molecule has 5 rings (SSSR count). The molecule has 0 unspecified atom stereocenters. The number of hydrogen-bond acceptors (Lipinski definition) is 4. The lowest BCUT2D eigenvalue weighted by Crippen LogP contribution is -2.34. The zero-order valence-corrected chi connectivity index (χ0v) is 17.6. The van der Waals surface area contributed by atoms with Gasteiger partial charge in [-0.3, -0.25) is 4.79 Å². The van der Waals surface area contributed by atoms with Crippen molar-refractivity contribution in [2.75, 3.05) is 19.5 Å². The Bertz CT molecular complexity index is 952. The van der Waals surface area contributed by atoms with E-state index in [0.717, 1.165) is 54.0 Å². The van der Waals surface area contributed by atoms with Crippen LogP contribution in [0.3, 0.4) is 0 Å². The van der Waals surface area contributed by atoms with Gasteiger partial charge in [-0.25, -0.2) is 0 Å². The van der Waals surface area contributed by atoms with Crippen LogP contribution in [0.2, 0.25) is 0 Å². The zero-order valence-electron chi connectivity index (χ0n) is 17.6. The number of carbonyl (C=O) groups excluding carboxylic acids is 1. The molecule has 2 aliphatic carbocycles. The first-order chi connectivity index (χ1) is 14.7. The molecule has 0 bridgehead atoms. The summed E-state index contributed by atoms with van der Waals surface area (Å²) in [6.07, 6.45) is 6.45. The lowest BCUT2D eigenvalue weighted by Gasteiger charge is -2.42. The van der Waals surface area contributed by atoms with Crippen LogP contribution in [0.5, 0.6) is 11.5 Å². The third kappa shape index (κ3) is 3.45. The molecule has 1 amide bonds. The first kappa shape index (κ1) is 19.4. The highest BCUT2D eigenvalue weighted by Gasteiger charge is 2.41. The van der Waals surface area contributed by atoms with Gasteiger partial charge in [0.05, 0.1) is 20.3 Å². The van der Waals surface area contributed by atoms with E-state index in [4.69, 9.17) is 14.2 Å². The Morgan fingerprint density at radius 2 is 1.70 bits per heavy atom. The molecule has 0 radical (unpaired) electrons. The quantitative estimate of drug-likeness (QED) is 0.740. The third-order valence-electron chi connectivity index (χ3n) is 6.70. The number of nitrogens with one attached hydrogen (secondary N) is 1. The fourth-order valence-electron chi connectivity index (χ4n) is 5.05. The van der Waals surface area contributed by atoms with Gasteiger partial charge in [0.1, 0.15) is 17.6 Å². The van der Waals surface area contributed by atoms with Gasteiger partial charge in [0.25, 0.3) is 0 Å². The summed E-state index contributed by atoms with van der Waals surface area (Å²) in [5.74, 6) is 2.35. The molecule has 30 heavy (non-hydrogen) atoms. The van der Waals surface area contributed by atoms with E-state index in [1.54, 1.807) is 14.2 Å². The highest BCUT2D eigenvalue weighted by Crippen LogP contribution is 2.53. The second kappa shape index (κ2) is 7.95. The summed E-state index contributed by atoms with van der Waals surface area (Å²) in [5.41, 5.74) is 4.14. The van der Waals surface area contributed by atoms with Gasteiger partial charge in [-0.15, -0.1) is 0 Å². The van der Waals surface area contributed by atoms with E-state index < -0.39 is 0 Å². The van der Waals surface area contributed by atoms with Crippen LogP contribution in [-0.4, -0.2) is 26.2 Å². The SMILES string of the molecule is COc1ccc(OC)c2c1[C@@H](c1cccc(NC(=O)C3CC3)c1)O[C@@H]1CCCC[C@@H]21. The third-order valence-corrected chi connectivity index (χ3v) is 6.70. The van der Waals surface area contributed by atoms with E-state index in [2.05, 4.69) is 11.4 Å². The molecular formula is C25H29NO4. The fourth-order valence-corrected chi connectivity index (χ4v) is 5.05. The molecule has 158 valence electrons. The van der Waals surface area contributed by atoms with Crippen LogP contribution in [0.15, 0.2) is 36.4 Å². The van der Waals surface area contributed by atoms with E-state index in [1.165, 1.54) is 18.4 Å². The van der Waals surface area contributed by atoms with E-state index >= 15 is 0 Å². The molecule has 5 heteroatoms. The molecule has 2 fully saturated rings. The minimum absolute atomic E-state index is 0.115. The normalized spacial score (nSPS) is 25.1. The fraction of sp³-hybridized carbons (Fsp3) is 0.480. The van der Waals surface area contributed by atoms with E-state index in [-0.39, 0.29) is 24.0 Å². The Kier molecular flexibility index (Phi) is 5.15. The van der Waals surface area contributed by atoms with Crippen molar-refractivity contribution in [3.05, 3.63) is 53.1 Å². The Balaban J connectivity index is 1.58. The number of methoxy groups -OCH3 is 2. The second-order valence-corrected chi connectivity index (χ2v) is 8.63. The molecule has 5 nitrogen and oxygen atoms in total. The van der Waals surface area contributed by atoms with Crippen LogP contribution >= 0.6 is 0 Å². The van der Waals surface area contributed by atoms with Crippen molar-refractivity contribution in [1.82, 2.24) is 0 Å². The van der Waals surface area contributed by atoms with Crippen LogP contribution in [0.1, 0.15) is 67.2 Å². The first-order valence-electron chi connectivity index (χ1n) is 11.0. The van der Waals surface area contributed by atoms with Gasteiger partial charge >= 0.3 is 0 Å². The molecule has 2 aromatic carbocycles. The van der Waals surface area contributed by atoms with Crippen molar-refractivity contribution < 1.29 is 19.0 Å². The Morgan fingerprint density at radius 3 is 2.43 bits per heavy atom. The molecular weight excluding hydrogens is 378 g/mol. The molecule has 1 aliphatic heterocycles. The summed E-state index contributed by atoms with van der Waals surface area (Å²) in [4.78, 5) is 12.3. The maximum Gasteiger partial charge on any atom is 0.227 e. The molecule has 2 aromatic rings. The molecule has 0 aromatic heterocycles. The summed E-state index contributed by atoms with van der Waals surface area (Å²) in [7, 11) is 3.44. The van der Waals surface area contributed by atoms with Crippen molar-refractivity contribution in [2.45, 2.75) is 56.7 Å². The second-order valence-electron chi connectivity index (χ2n) is 8.63. The number of ether oxygens (including phenoxy) is 3. The highest BCUT2D eigenvalue weighted by molar-refractivity contribution is 5.94. The van der Waals surface area contributed by atoms with Gasteiger partial charge < -0.3 is 19.5 Å². The van der Waals surface area contributed by atoms with Crippen molar-refractivity contribution in [3.63, 3.8) is 0 Å². The molecule has 1 heterocycles. The number of fused-ring (bicyclic) bond motifs is 3. The standard InChI is InChI=1S/C25H29NO4/c1-28-20-12-13-21(29-2)23-22(20)18-8-3-4-9-19(18)30-24(23)16-6-5-7-17(14-16)26-25(27)15-10-11-15/h5-7,12-15,18-19,24H,3-4,8-11H2,1-2H3,(H,26,27)/t18-,19-,24-/m1/s1. The maximum absolute atomic E-state index is 12.3. The number of benzene rings is 2. The van der Waals surface area contributed by atoms with Crippen molar-refractivity contribution in [3.8, 4) is 11.5 Å².